The number of furan rings is 1. The van der Waals surface area contributed by atoms with E-state index in [2.05, 4.69) is 5.32 Å². The molecule has 152 valence electrons. The van der Waals surface area contributed by atoms with E-state index in [0.717, 1.165) is 47.8 Å². The van der Waals surface area contributed by atoms with Gasteiger partial charge in [0.15, 0.2) is 0 Å². The highest BCUT2D eigenvalue weighted by atomic mass is 16.4. The lowest BCUT2D eigenvalue weighted by atomic mass is 9.94. The van der Waals surface area contributed by atoms with E-state index < -0.39 is 11.6 Å². The molecule has 1 aliphatic carbocycles. The van der Waals surface area contributed by atoms with Crippen LogP contribution in [0.1, 0.15) is 48.1 Å². The Labute approximate surface area is 166 Å². The molecule has 4 rings (SSSR count). The SMILES string of the molecule is Cc1c(CC(=O)NCCCC(=O)[O-])c(=O)oc2cc3oc4c(c3cc12)CCCC4. The third-order valence-electron chi connectivity index (χ3n) is 5.58. The standard InChI is InChI=1S/C22H23NO6/c1-12-14-9-16-13-5-2-3-6-17(13)28-19(16)11-18(14)29-22(27)15(12)10-20(24)23-8-4-7-21(25)26/h9,11H,2-8,10H2,1H3,(H,23,24)(H,25,26)/p-1. The molecule has 2 aromatic heterocycles. The number of fused-ring (bicyclic) bond motifs is 4. The van der Waals surface area contributed by atoms with Crippen LogP contribution in [0.25, 0.3) is 21.9 Å². The van der Waals surface area contributed by atoms with Gasteiger partial charge in [-0.1, -0.05) is 0 Å². The van der Waals surface area contributed by atoms with E-state index in [1.165, 1.54) is 5.56 Å². The molecule has 0 radical (unpaired) electrons. The van der Waals surface area contributed by atoms with Crippen LogP contribution in [0.2, 0.25) is 0 Å². The van der Waals surface area contributed by atoms with Crippen molar-refractivity contribution < 1.29 is 23.5 Å². The van der Waals surface area contributed by atoms with Gasteiger partial charge in [0, 0.05) is 41.3 Å². The largest absolute Gasteiger partial charge is 0.550 e. The Kier molecular flexibility index (Phi) is 5.13. The first-order valence-electron chi connectivity index (χ1n) is 9.91. The fourth-order valence-electron chi connectivity index (χ4n) is 4.03. The number of hydrogen-bond donors (Lipinski definition) is 1. The van der Waals surface area contributed by atoms with Crippen molar-refractivity contribution in [1.82, 2.24) is 5.32 Å². The molecule has 1 aliphatic rings. The molecule has 7 heteroatoms. The van der Waals surface area contributed by atoms with E-state index in [9.17, 15) is 19.5 Å². The van der Waals surface area contributed by atoms with Gasteiger partial charge in [-0.25, -0.2) is 4.79 Å². The normalized spacial score (nSPS) is 13.6. The summed E-state index contributed by atoms with van der Waals surface area (Å²) < 4.78 is 11.5. The number of carbonyl (C=O) groups is 2. The highest BCUT2D eigenvalue weighted by Gasteiger charge is 2.21. The second-order valence-corrected chi connectivity index (χ2v) is 7.55. The highest BCUT2D eigenvalue weighted by molar-refractivity contribution is 5.97. The van der Waals surface area contributed by atoms with Crippen molar-refractivity contribution in [3.05, 3.63) is 45.0 Å². The summed E-state index contributed by atoms with van der Waals surface area (Å²) in [5.74, 6) is -0.490. The van der Waals surface area contributed by atoms with Crippen LogP contribution in [-0.4, -0.2) is 18.4 Å². The Morgan fingerprint density at radius 3 is 2.66 bits per heavy atom. The zero-order chi connectivity index (χ0) is 20.5. The Balaban J connectivity index is 1.64. The molecule has 0 saturated heterocycles. The summed E-state index contributed by atoms with van der Waals surface area (Å²) in [6, 6.07) is 3.76. The second kappa shape index (κ2) is 7.73. The van der Waals surface area contributed by atoms with Gasteiger partial charge in [-0.05, 0) is 50.7 Å². The van der Waals surface area contributed by atoms with Crippen molar-refractivity contribution in [2.75, 3.05) is 6.54 Å². The first-order valence-corrected chi connectivity index (χ1v) is 9.91. The summed E-state index contributed by atoms with van der Waals surface area (Å²) in [5, 5.41) is 14.9. The molecule has 0 spiro atoms. The van der Waals surface area contributed by atoms with Crippen LogP contribution < -0.4 is 16.0 Å². The van der Waals surface area contributed by atoms with Gasteiger partial charge in [0.1, 0.15) is 16.9 Å². The minimum atomic E-state index is -1.15. The summed E-state index contributed by atoms with van der Waals surface area (Å²) in [6.07, 6.45) is 4.19. The lowest BCUT2D eigenvalue weighted by molar-refractivity contribution is -0.305. The highest BCUT2D eigenvalue weighted by Crippen LogP contribution is 2.35. The molecule has 29 heavy (non-hydrogen) atoms. The van der Waals surface area contributed by atoms with Crippen molar-refractivity contribution in [3.8, 4) is 0 Å². The van der Waals surface area contributed by atoms with Gasteiger partial charge >= 0.3 is 5.63 Å². The van der Waals surface area contributed by atoms with Crippen molar-refractivity contribution in [2.24, 2.45) is 0 Å². The topological polar surface area (TPSA) is 113 Å². The molecule has 0 aliphatic heterocycles. The van der Waals surface area contributed by atoms with E-state index in [1.807, 2.05) is 13.0 Å². The fraction of sp³-hybridized carbons (Fsp3) is 0.409. The monoisotopic (exact) mass is 396 g/mol. The average molecular weight is 396 g/mol. The number of rotatable bonds is 6. The van der Waals surface area contributed by atoms with Crippen LogP contribution >= 0.6 is 0 Å². The fourth-order valence-corrected chi connectivity index (χ4v) is 4.03. The van der Waals surface area contributed by atoms with E-state index >= 15 is 0 Å². The van der Waals surface area contributed by atoms with E-state index in [0.29, 0.717) is 16.7 Å². The van der Waals surface area contributed by atoms with Gasteiger partial charge in [-0.2, -0.15) is 0 Å². The van der Waals surface area contributed by atoms with Gasteiger partial charge in [0.2, 0.25) is 5.91 Å². The minimum absolute atomic E-state index is 0.114. The predicted octanol–water partition coefficient (Wildman–Crippen LogP) is 1.92. The smallest absolute Gasteiger partial charge is 0.340 e. The molecule has 3 aromatic rings. The number of carboxylic acid groups (broad SMARTS) is 1. The summed E-state index contributed by atoms with van der Waals surface area (Å²) in [7, 11) is 0. The first kappa shape index (κ1) is 19.2. The molecule has 1 amide bonds. The Morgan fingerprint density at radius 1 is 1.10 bits per heavy atom. The van der Waals surface area contributed by atoms with Crippen LogP contribution in [0, 0.1) is 6.92 Å². The zero-order valence-corrected chi connectivity index (χ0v) is 16.3. The molecule has 0 saturated carbocycles. The summed E-state index contributed by atoms with van der Waals surface area (Å²) in [6.45, 7) is 2.03. The van der Waals surface area contributed by atoms with Gasteiger partial charge in [-0.3, -0.25) is 4.79 Å². The first-order chi connectivity index (χ1) is 13.9. The Bertz CT molecular complexity index is 1170. The third-order valence-corrected chi connectivity index (χ3v) is 5.58. The van der Waals surface area contributed by atoms with E-state index in [4.69, 9.17) is 8.83 Å². The number of carboxylic acids is 1. The molecule has 0 atom stereocenters. The number of carbonyl (C=O) groups excluding carboxylic acids is 2. The van der Waals surface area contributed by atoms with Crippen molar-refractivity contribution in [3.63, 3.8) is 0 Å². The molecule has 0 bridgehead atoms. The van der Waals surface area contributed by atoms with Crippen LogP contribution in [0.3, 0.4) is 0 Å². The van der Waals surface area contributed by atoms with Crippen LogP contribution in [-0.2, 0) is 28.9 Å². The van der Waals surface area contributed by atoms with Gasteiger partial charge in [-0.15, -0.1) is 0 Å². The van der Waals surface area contributed by atoms with Crippen LogP contribution in [0.5, 0.6) is 0 Å². The molecule has 1 aromatic carbocycles. The zero-order valence-electron chi connectivity index (χ0n) is 16.3. The van der Waals surface area contributed by atoms with E-state index in [1.54, 1.807) is 6.07 Å². The molecular formula is C22H22NO6-. The quantitative estimate of drug-likeness (QED) is 0.503. The van der Waals surface area contributed by atoms with Crippen LogP contribution in [0.4, 0.5) is 0 Å². The third kappa shape index (κ3) is 3.77. The maximum Gasteiger partial charge on any atom is 0.340 e. The number of benzene rings is 1. The summed E-state index contributed by atoms with van der Waals surface area (Å²) in [4.78, 5) is 35.1. The van der Waals surface area contributed by atoms with Gasteiger partial charge in [0.05, 0.1) is 12.0 Å². The molecule has 7 nitrogen and oxygen atoms in total. The van der Waals surface area contributed by atoms with Crippen molar-refractivity contribution >= 4 is 33.8 Å². The Morgan fingerprint density at radius 2 is 1.86 bits per heavy atom. The van der Waals surface area contributed by atoms with Crippen molar-refractivity contribution in [2.45, 2.75) is 51.9 Å². The maximum atomic E-state index is 12.5. The second-order valence-electron chi connectivity index (χ2n) is 7.55. The molecule has 0 unspecified atom stereocenters. The molecule has 1 N–H and O–H groups in total. The number of amides is 1. The van der Waals surface area contributed by atoms with Gasteiger partial charge < -0.3 is 24.1 Å². The molecular weight excluding hydrogens is 374 g/mol. The van der Waals surface area contributed by atoms with Gasteiger partial charge in [0.25, 0.3) is 0 Å². The van der Waals surface area contributed by atoms with Crippen molar-refractivity contribution in [1.29, 1.82) is 0 Å². The Hall–Kier alpha value is -3.09. The summed E-state index contributed by atoms with van der Waals surface area (Å²) >= 11 is 0. The number of hydrogen-bond acceptors (Lipinski definition) is 6. The molecule has 0 fully saturated rings. The average Bonchev–Trinajstić information content (AvgIpc) is 3.04. The summed E-state index contributed by atoms with van der Waals surface area (Å²) in [5.41, 5.74) is 2.89. The van der Waals surface area contributed by atoms with E-state index in [-0.39, 0.29) is 31.7 Å². The van der Waals surface area contributed by atoms with Crippen LogP contribution in [0.15, 0.2) is 25.8 Å². The number of aryl methyl sites for hydroxylation is 3. The maximum absolute atomic E-state index is 12.5. The lowest BCUT2D eigenvalue weighted by Gasteiger charge is -2.10. The molecule has 2 heterocycles. The lowest BCUT2D eigenvalue weighted by Crippen LogP contribution is -2.30. The number of nitrogens with one attached hydrogen (secondary N) is 1. The predicted molar refractivity (Wildman–Crippen MR) is 105 cm³/mol. The minimum Gasteiger partial charge on any atom is -0.550 e. The number of aliphatic carboxylic acids is 1.